The van der Waals surface area contributed by atoms with E-state index in [-0.39, 0.29) is 12.4 Å². The number of carbonyl (C=O) groups excluding carboxylic acids is 1. The summed E-state index contributed by atoms with van der Waals surface area (Å²) >= 11 is 0. The van der Waals surface area contributed by atoms with Crippen molar-refractivity contribution in [1.29, 1.82) is 0 Å². The maximum absolute atomic E-state index is 11.5. The van der Waals surface area contributed by atoms with Gasteiger partial charge in [-0.05, 0) is 19.7 Å². The topological polar surface area (TPSA) is 29.5 Å². The second kappa shape index (κ2) is 6.33. The Labute approximate surface area is 97.8 Å². The van der Waals surface area contributed by atoms with Crippen LogP contribution in [-0.2, 0) is 16.0 Å². The molecule has 16 heavy (non-hydrogen) atoms. The fourth-order valence-electron chi connectivity index (χ4n) is 1.37. The number of nitrogens with zero attached hydrogens (tertiary/aromatic N) is 1. The molecule has 4 heteroatoms. The van der Waals surface area contributed by atoms with Crippen LogP contribution in [0, 0.1) is 0 Å². The van der Waals surface area contributed by atoms with E-state index in [4.69, 9.17) is 12.6 Å². The van der Waals surface area contributed by atoms with Gasteiger partial charge in [-0.15, -0.1) is 0 Å². The van der Waals surface area contributed by atoms with Crippen molar-refractivity contribution in [1.82, 2.24) is 4.90 Å². The minimum atomic E-state index is -0.564. The molecule has 2 radical (unpaired) electrons. The third-order valence-electron chi connectivity index (χ3n) is 2.02. The molecule has 0 aliphatic carbocycles. The summed E-state index contributed by atoms with van der Waals surface area (Å²) in [5, 5.41) is 0. The minimum absolute atomic E-state index is 0.266. The van der Waals surface area contributed by atoms with Gasteiger partial charge in [0, 0.05) is 6.54 Å². The monoisotopic (exact) mass is 217 g/mol. The first-order chi connectivity index (χ1) is 7.58. The molecule has 1 atom stereocenters. The molecule has 0 bridgehead atoms. The SMILES string of the molecule is [B]C(CN(C)C)OC(=O)Cc1ccccc1. The first kappa shape index (κ1) is 12.8. The van der Waals surface area contributed by atoms with E-state index in [1.807, 2.05) is 49.3 Å². The lowest BCUT2D eigenvalue weighted by atomic mass is 10.00. The standard InChI is InChI=1S/C12H16BNO2/c1-14(2)9-11(13)16-12(15)8-10-6-4-3-5-7-10/h3-7,11H,8-9H2,1-2H3. The molecule has 1 rings (SSSR count). The molecule has 1 aromatic carbocycles. The summed E-state index contributed by atoms with van der Waals surface area (Å²) in [5.41, 5.74) is 0.935. The zero-order valence-electron chi connectivity index (χ0n) is 9.72. The van der Waals surface area contributed by atoms with Gasteiger partial charge in [0.05, 0.1) is 12.4 Å². The van der Waals surface area contributed by atoms with Crippen LogP contribution in [0.5, 0.6) is 0 Å². The van der Waals surface area contributed by atoms with Gasteiger partial charge in [0.1, 0.15) is 7.85 Å². The average Bonchev–Trinajstić information content (AvgIpc) is 2.17. The summed E-state index contributed by atoms with van der Waals surface area (Å²) in [5.74, 6) is -0.291. The first-order valence-corrected chi connectivity index (χ1v) is 5.21. The Balaban J connectivity index is 2.36. The van der Waals surface area contributed by atoms with Gasteiger partial charge in [0.25, 0.3) is 0 Å². The second-order valence-corrected chi connectivity index (χ2v) is 3.95. The summed E-state index contributed by atoms with van der Waals surface area (Å²) in [6.07, 6.45) is 0.266. The van der Waals surface area contributed by atoms with Crippen LogP contribution in [0.1, 0.15) is 5.56 Å². The molecule has 1 unspecified atom stereocenters. The molecule has 0 aromatic heterocycles. The third-order valence-corrected chi connectivity index (χ3v) is 2.02. The van der Waals surface area contributed by atoms with E-state index in [1.165, 1.54) is 0 Å². The highest BCUT2D eigenvalue weighted by Crippen LogP contribution is 2.02. The van der Waals surface area contributed by atoms with Crippen LogP contribution in [0.15, 0.2) is 30.3 Å². The zero-order valence-corrected chi connectivity index (χ0v) is 9.72. The van der Waals surface area contributed by atoms with Crippen molar-refractivity contribution in [2.45, 2.75) is 12.4 Å². The highest BCUT2D eigenvalue weighted by molar-refractivity contribution is 6.11. The van der Waals surface area contributed by atoms with Crippen LogP contribution in [-0.4, -0.2) is 45.4 Å². The fourth-order valence-corrected chi connectivity index (χ4v) is 1.37. The fraction of sp³-hybridized carbons (Fsp3) is 0.417. The van der Waals surface area contributed by atoms with Gasteiger partial charge >= 0.3 is 5.97 Å². The van der Waals surface area contributed by atoms with Gasteiger partial charge in [-0.1, -0.05) is 30.3 Å². The minimum Gasteiger partial charge on any atom is -0.471 e. The summed E-state index contributed by atoms with van der Waals surface area (Å²) < 4.78 is 5.06. The molecular weight excluding hydrogens is 201 g/mol. The van der Waals surface area contributed by atoms with E-state index in [2.05, 4.69) is 0 Å². The third kappa shape index (κ3) is 4.98. The molecule has 0 spiro atoms. The van der Waals surface area contributed by atoms with Crippen molar-refractivity contribution in [3.05, 3.63) is 35.9 Å². The van der Waals surface area contributed by atoms with Crippen LogP contribution >= 0.6 is 0 Å². The highest BCUT2D eigenvalue weighted by Gasteiger charge is 2.10. The Morgan fingerprint density at radius 2 is 2.00 bits per heavy atom. The second-order valence-electron chi connectivity index (χ2n) is 3.95. The average molecular weight is 217 g/mol. The van der Waals surface area contributed by atoms with Gasteiger partial charge in [-0.3, -0.25) is 4.79 Å². The lowest BCUT2D eigenvalue weighted by Crippen LogP contribution is -2.31. The number of likely N-dealkylation sites (N-methyl/N-ethyl adjacent to an activating group) is 1. The molecule has 0 heterocycles. The summed E-state index contributed by atoms with van der Waals surface area (Å²) in [7, 11) is 9.40. The summed E-state index contributed by atoms with van der Waals surface area (Å²) in [4.78, 5) is 13.4. The number of hydrogen-bond acceptors (Lipinski definition) is 3. The molecule has 0 aliphatic rings. The number of hydrogen-bond donors (Lipinski definition) is 0. The van der Waals surface area contributed by atoms with E-state index in [9.17, 15) is 4.79 Å². The number of esters is 1. The van der Waals surface area contributed by atoms with E-state index in [0.717, 1.165) is 5.56 Å². The van der Waals surface area contributed by atoms with Crippen LogP contribution in [0.3, 0.4) is 0 Å². The van der Waals surface area contributed by atoms with Crippen LogP contribution in [0.2, 0.25) is 0 Å². The van der Waals surface area contributed by atoms with Crippen molar-refractivity contribution < 1.29 is 9.53 Å². The summed E-state index contributed by atoms with van der Waals surface area (Å²) in [6, 6.07) is 8.90. The maximum atomic E-state index is 11.5. The van der Waals surface area contributed by atoms with Gasteiger partial charge < -0.3 is 9.64 Å². The van der Waals surface area contributed by atoms with Gasteiger partial charge in [-0.2, -0.15) is 0 Å². The molecule has 0 saturated heterocycles. The van der Waals surface area contributed by atoms with Crippen molar-refractivity contribution in [3.63, 3.8) is 0 Å². The highest BCUT2D eigenvalue weighted by atomic mass is 16.5. The van der Waals surface area contributed by atoms with Gasteiger partial charge in [0.15, 0.2) is 0 Å². The Kier molecular flexibility index (Phi) is 5.06. The smallest absolute Gasteiger partial charge is 0.309 e. The molecule has 0 amide bonds. The van der Waals surface area contributed by atoms with Crippen molar-refractivity contribution in [2.75, 3.05) is 20.6 Å². The van der Waals surface area contributed by atoms with E-state index in [0.29, 0.717) is 6.54 Å². The molecule has 84 valence electrons. The molecule has 1 aromatic rings. The lowest BCUT2D eigenvalue weighted by Gasteiger charge is -2.18. The molecule has 0 saturated carbocycles. The molecule has 0 fully saturated rings. The Bertz CT molecular complexity index is 327. The Hall–Kier alpha value is -1.29. The number of rotatable bonds is 5. The Morgan fingerprint density at radius 3 is 2.56 bits per heavy atom. The molecule has 3 nitrogen and oxygen atoms in total. The van der Waals surface area contributed by atoms with Crippen molar-refractivity contribution in [3.8, 4) is 0 Å². The Morgan fingerprint density at radius 1 is 1.38 bits per heavy atom. The van der Waals surface area contributed by atoms with Crippen LogP contribution in [0.4, 0.5) is 0 Å². The van der Waals surface area contributed by atoms with Crippen molar-refractivity contribution in [2.24, 2.45) is 0 Å². The number of ether oxygens (including phenoxy) is 1. The van der Waals surface area contributed by atoms with Gasteiger partial charge in [-0.25, -0.2) is 0 Å². The first-order valence-electron chi connectivity index (χ1n) is 5.21. The van der Waals surface area contributed by atoms with Gasteiger partial charge in [0.2, 0.25) is 0 Å². The zero-order chi connectivity index (χ0) is 12.0. The quantitative estimate of drug-likeness (QED) is 0.540. The van der Waals surface area contributed by atoms with Crippen LogP contribution < -0.4 is 0 Å². The van der Waals surface area contributed by atoms with E-state index < -0.39 is 6.00 Å². The molecule has 0 aliphatic heterocycles. The summed E-state index contributed by atoms with van der Waals surface area (Å²) in [6.45, 7) is 0.528. The molecule has 0 N–H and O–H groups in total. The van der Waals surface area contributed by atoms with Crippen LogP contribution in [0.25, 0.3) is 0 Å². The maximum Gasteiger partial charge on any atom is 0.309 e. The van der Waals surface area contributed by atoms with E-state index >= 15 is 0 Å². The predicted molar refractivity (Wildman–Crippen MR) is 64.3 cm³/mol. The normalized spacial score (nSPS) is 12.4. The molecular formula is C12H16BNO2. The van der Waals surface area contributed by atoms with E-state index in [1.54, 1.807) is 0 Å². The number of carbonyl (C=O) groups is 1. The largest absolute Gasteiger partial charge is 0.471 e. The predicted octanol–water partition coefficient (Wildman–Crippen LogP) is 0.828. The number of benzene rings is 1. The van der Waals surface area contributed by atoms with Crippen molar-refractivity contribution >= 4 is 13.8 Å². The lowest BCUT2D eigenvalue weighted by molar-refractivity contribution is -0.145.